The van der Waals surface area contributed by atoms with Crippen molar-refractivity contribution in [2.24, 2.45) is 0 Å². The second kappa shape index (κ2) is 13.7. The van der Waals surface area contributed by atoms with Crippen molar-refractivity contribution in [2.75, 3.05) is 31.6 Å². The van der Waals surface area contributed by atoms with Crippen LogP contribution in [0.5, 0.6) is 11.5 Å². The van der Waals surface area contributed by atoms with Gasteiger partial charge in [-0.3, -0.25) is 13.9 Å². The van der Waals surface area contributed by atoms with Crippen LogP contribution < -0.4 is 19.1 Å². The van der Waals surface area contributed by atoms with Crippen LogP contribution in [0.3, 0.4) is 0 Å². The lowest BCUT2D eigenvalue weighted by Gasteiger charge is -2.33. The van der Waals surface area contributed by atoms with Crippen LogP contribution in [0, 0.1) is 0 Å². The highest BCUT2D eigenvalue weighted by Gasteiger charge is 2.33. The predicted octanol–water partition coefficient (Wildman–Crippen LogP) is 3.84. The van der Waals surface area contributed by atoms with Crippen LogP contribution in [0.4, 0.5) is 5.69 Å². The minimum absolute atomic E-state index is 0.0399. The number of likely N-dealkylation sites (N-methyl/N-ethyl adjacent to an activating group) is 1. The van der Waals surface area contributed by atoms with Gasteiger partial charge in [0, 0.05) is 19.2 Å². The monoisotopic (exact) mass is 553 g/mol. The largest absolute Gasteiger partial charge is 0.497 e. The first-order valence-corrected chi connectivity index (χ1v) is 14.1. The Kier molecular flexibility index (Phi) is 10.3. The van der Waals surface area contributed by atoms with E-state index in [4.69, 9.17) is 9.47 Å². The number of sulfonamides is 1. The summed E-state index contributed by atoms with van der Waals surface area (Å²) in [7, 11) is -1.10. The van der Waals surface area contributed by atoms with Crippen LogP contribution >= 0.6 is 0 Å². The smallest absolute Gasteiger partial charge is 0.264 e. The van der Waals surface area contributed by atoms with Crippen molar-refractivity contribution >= 4 is 27.5 Å². The van der Waals surface area contributed by atoms with Gasteiger partial charge in [0.2, 0.25) is 11.8 Å². The molecule has 9 nitrogen and oxygen atoms in total. The van der Waals surface area contributed by atoms with E-state index in [1.165, 1.54) is 24.1 Å². The molecule has 2 amide bonds. The van der Waals surface area contributed by atoms with E-state index in [1.807, 2.05) is 19.1 Å². The molecular weight excluding hydrogens is 518 g/mol. The number of nitrogens with zero attached hydrogens (tertiary/aromatic N) is 2. The first-order valence-electron chi connectivity index (χ1n) is 12.7. The van der Waals surface area contributed by atoms with E-state index in [9.17, 15) is 18.0 Å². The maximum absolute atomic E-state index is 14.0. The van der Waals surface area contributed by atoms with Gasteiger partial charge in [0.15, 0.2) is 0 Å². The van der Waals surface area contributed by atoms with Crippen LogP contribution in [0.15, 0.2) is 83.8 Å². The second-order valence-corrected chi connectivity index (χ2v) is 10.6. The van der Waals surface area contributed by atoms with Gasteiger partial charge in [-0.25, -0.2) is 8.42 Å². The molecule has 3 rings (SSSR count). The van der Waals surface area contributed by atoms with E-state index in [1.54, 1.807) is 68.6 Å². The first kappa shape index (κ1) is 29.5. The summed E-state index contributed by atoms with van der Waals surface area (Å²) in [4.78, 5) is 28.4. The first-order chi connectivity index (χ1) is 18.7. The summed E-state index contributed by atoms with van der Waals surface area (Å²) in [6.07, 6.45) is 0.346. The highest BCUT2D eigenvalue weighted by Crippen LogP contribution is 2.28. The van der Waals surface area contributed by atoms with Gasteiger partial charge in [0.1, 0.15) is 24.1 Å². The summed E-state index contributed by atoms with van der Waals surface area (Å²) < 4.78 is 39.2. The molecule has 0 spiro atoms. The van der Waals surface area contributed by atoms with Gasteiger partial charge in [0.25, 0.3) is 10.0 Å². The van der Waals surface area contributed by atoms with Crippen molar-refractivity contribution < 1.29 is 27.5 Å². The zero-order chi connectivity index (χ0) is 28.4. The molecule has 0 aromatic heterocycles. The van der Waals surface area contributed by atoms with E-state index >= 15 is 0 Å². The number of hydrogen-bond donors (Lipinski definition) is 1. The molecule has 10 heteroatoms. The number of anilines is 1. The number of nitrogens with one attached hydrogen (secondary N) is 1. The SMILES string of the molecule is CCNC(=O)[C@H](CC)N(Cc1ccc(OC)cc1)C(=O)CN(c1cccc(OC)c1)S(=O)(=O)c1ccccc1. The van der Waals surface area contributed by atoms with E-state index < -0.39 is 28.5 Å². The third-order valence-corrected chi connectivity index (χ3v) is 7.99. The van der Waals surface area contributed by atoms with E-state index in [-0.39, 0.29) is 23.0 Å². The maximum Gasteiger partial charge on any atom is 0.264 e. The molecule has 0 aliphatic rings. The standard InChI is InChI=1S/C29H35N3O6S/c1-5-27(29(34)30-6-2)31(20-22-15-17-24(37-3)18-16-22)28(33)21-32(23-11-10-12-25(19-23)38-4)39(35,36)26-13-8-7-9-14-26/h7-19,27H,5-6,20-21H2,1-4H3,(H,30,34)/t27-/m0/s1. The zero-order valence-corrected chi connectivity index (χ0v) is 23.5. The third kappa shape index (κ3) is 7.29. The number of methoxy groups -OCH3 is 2. The molecular formula is C29H35N3O6S. The summed E-state index contributed by atoms with van der Waals surface area (Å²) in [5.41, 5.74) is 1.03. The van der Waals surface area contributed by atoms with E-state index in [2.05, 4.69) is 5.32 Å². The van der Waals surface area contributed by atoms with Gasteiger partial charge in [-0.15, -0.1) is 0 Å². The molecule has 3 aromatic rings. The Balaban J connectivity index is 2.05. The van der Waals surface area contributed by atoms with E-state index in [0.717, 1.165) is 9.87 Å². The number of carbonyl (C=O) groups excluding carboxylic acids is 2. The lowest BCUT2D eigenvalue weighted by atomic mass is 10.1. The molecule has 0 radical (unpaired) electrons. The molecule has 0 bridgehead atoms. The maximum atomic E-state index is 14.0. The molecule has 0 unspecified atom stereocenters. The van der Waals surface area contributed by atoms with E-state index in [0.29, 0.717) is 24.5 Å². The lowest BCUT2D eigenvalue weighted by Crippen LogP contribution is -2.52. The molecule has 0 fully saturated rings. The van der Waals surface area contributed by atoms with Crippen LogP contribution in [-0.2, 0) is 26.2 Å². The Morgan fingerprint density at radius 1 is 0.872 bits per heavy atom. The van der Waals surface area contributed by atoms with Gasteiger partial charge in [-0.2, -0.15) is 0 Å². The molecule has 0 saturated heterocycles. The topological polar surface area (TPSA) is 105 Å². The van der Waals surface area contributed by atoms with Crippen LogP contribution in [0.2, 0.25) is 0 Å². The van der Waals surface area contributed by atoms with Crippen molar-refractivity contribution in [1.29, 1.82) is 0 Å². The number of ether oxygens (including phenoxy) is 2. The molecule has 0 aliphatic heterocycles. The minimum Gasteiger partial charge on any atom is -0.497 e. The molecule has 0 heterocycles. The Morgan fingerprint density at radius 2 is 1.54 bits per heavy atom. The summed E-state index contributed by atoms with van der Waals surface area (Å²) in [6.45, 7) is 3.61. The minimum atomic E-state index is -4.14. The number of amides is 2. The average Bonchev–Trinajstić information content (AvgIpc) is 2.96. The number of benzene rings is 3. The van der Waals surface area contributed by atoms with Crippen LogP contribution in [-0.4, -0.2) is 58.5 Å². The highest BCUT2D eigenvalue weighted by atomic mass is 32.2. The zero-order valence-electron chi connectivity index (χ0n) is 22.7. The normalized spacial score (nSPS) is 11.8. The lowest BCUT2D eigenvalue weighted by molar-refractivity contribution is -0.140. The van der Waals surface area contributed by atoms with Crippen molar-refractivity contribution in [2.45, 2.75) is 37.8 Å². The van der Waals surface area contributed by atoms with Crippen molar-refractivity contribution in [3.05, 3.63) is 84.4 Å². The Morgan fingerprint density at radius 3 is 2.13 bits per heavy atom. The molecule has 1 atom stereocenters. The van der Waals surface area contributed by atoms with Gasteiger partial charge in [0.05, 0.1) is 24.8 Å². The number of rotatable bonds is 13. The average molecular weight is 554 g/mol. The molecule has 1 N–H and O–H groups in total. The van der Waals surface area contributed by atoms with Crippen LogP contribution in [0.25, 0.3) is 0 Å². The van der Waals surface area contributed by atoms with Gasteiger partial charge in [-0.1, -0.05) is 43.3 Å². The molecule has 0 aliphatic carbocycles. The summed E-state index contributed by atoms with van der Waals surface area (Å²) in [6, 6.07) is 20.8. The quantitative estimate of drug-likeness (QED) is 0.345. The van der Waals surface area contributed by atoms with Crippen molar-refractivity contribution in [1.82, 2.24) is 10.2 Å². The predicted molar refractivity (Wildman–Crippen MR) is 150 cm³/mol. The summed E-state index contributed by atoms with van der Waals surface area (Å²) in [5.74, 6) is 0.273. The Labute approximate surface area is 230 Å². The second-order valence-electron chi connectivity index (χ2n) is 8.71. The Bertz CT molecular complexity index is 1350. The molecule has 3 aromatic carbocycles. The van der Waals surface area contributed by atoms with Crippen molar-refractivity contribution in [3.63, 3.8) is 0 Å². The summed E-state index contributed by atoms with van der Waals surface area (Å²) >= 11 is 0. The number of carbonyl (C=O) groups is 2. The molecule has 0 saturated carbocycles. The fraction of sp³-hybridized carbons (Fsp3) is 0.310. The van der Waals surface area contributed by atoms with Crippen LogP contribution in [0.1, 0.15) is 25.8 Å². The fourth-order valence-corrected chi connectivity index (χ4v) is 5.58. The van der Waals surface area contributed by atoms with Gasteiger partial charge >= 0.3 is 0 Å². The number of hydrogen-bond acceptors (Lipinski definition) is 6. The third-order valence-electron chi connectivity index (χ3n) is 6.20. The molecule has 39 heavy (non-hydrogen) atoms. The fourth-order valence-electron chi connectivity index (χ4n) is 4.15. The Hall–Kier alpha value is -4.05. The molecule has 208 valence electrons. The van der Waals surface area contributed by atoms with Crippen molar-refractivity contribution in [3.8, 4) is 11.5 Å². The van der Waals surface area contributed by atoms with Gasteiger partial charge < -0.3 is 19.7 Å². The van der Waals surface area contributed by atoms with Gasteiger partial charge in [-0.05, 0) is 55.3 Å². The highest BCUT2D eigenvalue weighted by molar-refractivity contribution is 7.92. The summed E-state index contributed by atoms with van der Waals surface area (Å²) in [5, 5.41) is 2.79.